The highest BCUT2D eigenvalue weighted by Crippen LogP contribution is 2.37. The zero-order chi connectivity index (χ0) is 20.3. The van der Waals surface area contributed by atoms with Gasteiger partial charge in [0, 0.05) is 24.1 Å². The molecule has 2 fully saturated rings. The van der Waals surface area contributed by atoms with Crippen molar-refractivity contribution in [2.45, 2.75) is 63.9 Å². The Labute approximate surface area is 162 Å². The largest absolute Gasteiger partial charge is 0.573 e. The minimum Gasteiger partial charge on any atom is -0.406 e. The molecule has 4 unspecified atom stereocenters. The Balaban J connectivity index is 1.57. The molecule has 1 aliphatic carbocycles. The monoisotopic (exact) mass is 398 g/mol. The zero-order valence-corrected chi connectivity index (χ0v) is 15.7. The van der Waals surface area contributed by atoms with Crippen LogP contribution in [0.25, 0.3) is 0 Å². The predicted molar refractivity (Wildman–Crippen MR) is 96.7 cm³/mol. The van der Waals surface area contributed by atoms with Crippen LogP contribution in [0.4, 0.5) is 13.2 Å². The normalized spacial score (nSPS) is 27.5. The van der Waals surface area contributed by atoms with Crippen LogP contribution in [0.15, 0.2) is 24.3 Å². The molecule has 8 heteroatoms. The first-order valence-corrected chi connectivity index (χ1v) is 9.71. The summed E-state index contributed by atoms with van der Waals surface area (Å²) in [7, 11) is 0. The molecule has 154 valence electrons. The van der Waals surface area contributed by atoms with Gasteiger partial charge in [-0.25, -0.2) is 0 Å². The number of hydrogen-bond acceptors (Lipinski definition) is 3. The Kier molecular flexibility index (Phi) is 6.15. The van der Waals surface area contributed by atoms with Gasteiger partial charge in [0.15, 0.2) is 0 Å². The van der Waals surface area contributed by atoms with E-state index in [2.05, 4.69) is 22.3 Å². The lowest BCUT2D eigenvalue weighted by molar-refractivity contribution is -0.274. The van der Waals surface area contributed by atoms with Crippen LogP contribution in [0.5, 0.6) is 5.75 Å². The third-order valence-corrected chi connectivity index (χ3v) is 5.65. The minimum atomic E-state index is -4.76. The van der Waals surface area contributed by atoms with Crippen molar-refractivity contribution in [3.05, 3.63) is 29.8 Å². The molecule has 4 atom stereocenters. The SMILES string of the molecule is CCCC1CC(=O)NC2CC(NC(=O)c3ccc(OC(F)(F)F)cc3)CCC12. The quantitative estimate of drug-likeness (QED) is 0.793. The van der Waals surface area contributed by atoms with Crippen molar-refractivity contribution in [3.63, 3.8) is 0 Å². The first-order chi connectivity index (χ1) is 13.2. The molecule has 1 saturated carbocycles. The van der Waals surface area contributed by atoms with Crippen molar-refractivity contribution in [3.8, 4) is 5.75 Å². The summed E-state index contributed by atoms with van der Waals surface area (Å²) in [6, 6.07) is 4.86. The third kappa shape index (κ3) is 5.17. The van der Waals surface area contributed by atoms with Crippen molar-refractivity contribution in [2.75, 3.05) is 0 Å². The molecular formula is C20H25F3N2O3. The molecule has 0 bridgehead atoms. The van der Waals surface area contributed by atoms with Crippen LogP contribution in [0.1, 0.15) is 55.8 Å². The summed E-state index contributed by atoms with van der Waals surface area (Å²) < 4.78 is 40.5. The van der Waals surface area contributed by atoms with Crippen LogP contribution in [-0.2, 0) is 4.79 Å². The van der Waals surface area contributed by atoms with Gasteiger partial charge >= 0.3 is 6.36 Å². The number of nitrogens with one attached hydrogen (secondary N) is 2. The summed E-state index contributed by atoms with van der Waals surface area (Å²) in [4.78, 5) is 24.4. The smallest absolute Gasteiger partial charge is 0.406 e. The summed E-state index contributed by atoms with van der Waals surface area (Å²) in [6.45, 7) is 2.12. The number of amides is 2. The van der Waals surface area contributed by atoms with Gasteiger partial charge in [-0.1, -0.05) is 13.3 Å². The number of benzene rings is 1. The van der Waals surface area contributed by atoms with E-state index in [9.17, 15) is 22.8 Å². The van der Waals surface area contributed by atoms with Crippen LogP contribution in [0.3, 0.4) is 0 Å². The number of halogens is 3. The molecule has 0 spiro atoms. The number of piperidine rings is 1. The number of carbonyl (C=O) groups is 2. The number of fused-ring (bicyclic) bond motifs is 1. The molecular weight excluding hydrogens is 373 g/mol. The molecule has 2 N–H and O–H groups in total. The maximum Gasteiger partial charge on any atom is 0.573 e. The second-order valence-electron chi connectivity index (χ2n) is 7.65. The van der Waals surface area contributed by atoms with E-state index in [4.69, 9.17) is 0 Å². The van der Waals surface area contributed by atoms with Crippen LogP contribution in [-0.4, -0.2) is 30.3 Å². The average Bonchev–Trinajstić information content (AvgIpc) is 2.60. The standard InChI is InChI=1S/C20H25F3N2O3/c1-2-3-13-10-18(26)25-17-11-14(6-9-16(13)17)24-19(27)12-4-7-15(8-5-12)28-20(21,22)23/h4-5,7-8,13-14,16-17H,2-3,6,9-11H2,1H3,(H,24,27)(H,25,26). The van der Waals surface area contributed by atoms with E-state index in [1.54, 1.807) is 0 Å². The number of hydrogen-bond donors (Lipinski definition) is 2. The molecule has 5 nitrogen and oxygen atoms in total. The fraction of sp³-hybridized carbons (Fsp3) is 0.600. The molecule has 2 amide bonds. The van der Waals surface area contributed by atoms with Crippen molar-refractivity contribution in [1.29, 1.82) is 0 Å². The highest BCUT2D eigenvalue weighted by atomic mass is 19.4. The van der Waals surface area contributed by atoms with E-state index in [-0.39, 0.29) is 35.2 Å². The van der Waals surface area contributed by atoms with Crippen molar-refractivity contribution >= 4 is 11.8 Å². The van der Waals surface area contributed by atoms with Gasteiger partial charge in [0.05, 0.1) is 0 Å². The summed E-state index contributed by atoms with van der Waals surface area (Å²) in [5, 5.41) is 6.01. The van der Waals surface area contributed by atoms with Gasteiger partial charge in [-0.3, -0.25) is 9.59 Å². The van der Waals surface area contributed by atoms with Crippen LogP contribution >= 0.6 is 0 Å². The van der Waals surface area contributed by atoms with Gasteiger partial charge in [-0.2, -0.15) is 0 Å². The lowest BCUT2D eigenvalue weighted by Crippen LogP contribution is -2.55. The molecule has 1 aromatic rings. The number of carbonyl (C=O) groups excluding carboxylic acids is 2. The van der Waals surface area contributed by atoms with E-state index in [1.165, 1.54) is 12.1 Å². The van der Waals surface area contributed by atoms with E-state index in [0.29, 0.717) is 24.7 Å². The second-order valence-corrected chi connectivity index (χ2v) is 7.65. The Morgan fingerprint density at radius 3 is 2.61 bits per heavy atom. The van der Waals surface area contributed by atoms with E-state index >= 15 is 0 Å². The molecule has 2 aliphatic rings. The molecule has 0 aromatic heterocycles. The minimum absolute atomic E-state index is 0.0689. The van der Waals surface area contributed by atoms with Gasteiger partial charge in [-0.05, 0) is 61.8 Å². The fourth-order valence-corrected chi connectivity index (χ4v) is 4.47. The van der Waals surface area contributed by atoms with E-state index in [1.807, 2.05) is 0 Å². The highest BCUT2D eigenvalue weighted by Gasteiger charge is 2.40. The first-order valence-electron chi connectivity index (χ1n) is 9.71. The maximum absolute atomic E-state index is 12.4. The lowest BCUT2D eigenvalue weighted by atomic mass is 9.70. The zero-order valence-electron chi connectivity index (χ0n) is 15.7. The molecule has 1 aliphatic heterocycles. The number of alkyl halides is 3. The molecule has 1 heterocycles. The van der Waals surface area contributed by atoms with Gasteiger partial charge in [0.2, 0.25) is 5.91 Å². The Morgan fingerprint density at radius 2 is 1.96 bits per heavy atom. The second kappa shape index (κ2) is 8.41. The van der Waals surface area contributed by atoms with Gasteiger partial charge in [-0.15, -0.1) is 13.2 Å². The molecule has 3 rings (SSSR count). The third-order valence-electron chi connectivity index (χ3n) is 5.65. The van der Waals surface area contributed by atoms with Crippen LogP contribution < -0.4 is 15.4 Å². The maximum atomic E-state index is 12.4. The van der Waals surface area contributed by atoms with Gasteiger partial charge < -0.3 is 15.4 Å². The summed E-state index contributed by atoms with van der Waals surface area (Å²) in [5.74, 6) is 0.226. The van der Waals surface area contributed by atoms with E-state index < -0.39 is 6.36 Å². The molecule has 0 radical (unpaired) electrons. The van der Waals surface area contributed by atoms with Crippen molar-refractivity contribution < 1.29 is 27.5 Å². The molecule has 1 aromatic carbocycles. The van der Waals surface area contributed by atoms with Crippen molar-refractivity contribution in [1.82, 2.24) is 10.6 Å². The Morgan fingerprint density at radius 1 is 1.25 bits per heavy atom. The summed E-state index contributed by atoms with van der Waals surface area (Å²) >= 11 is 0. The molecule has 1 saturated heterocycles. The topological polar surface area (TPSA) is 67.4 Å². The average molecular weight is 398 g/mol. The van der Waals surface area contributed by atoms with Crippen LogP contribution in [0, 0.1) is 11.8 Å². The highest BCUT2D eigenvalue weighted by molar-refractivity contribution is 5.94. The summed E-state index contributed by atoms with van der Waals surface area (Å²) in [5.41, 5.74) is 0.271. The molecule has 28 heavy (non-hydrogen) atoms. The first kappa shape index (κ1) is 20.5. The van der Waals surface area contributed by atoms with Crippen LogP contribution in [0.2, 0.25) is 0 Å². The number of ether oxygens (including phenoxy) is 1. The fourth-order valence-electron chi connectivity index (χ4n) is 4.47. The van der Waals surface area contributed by atoms with Gasteiger partial charge in [0.25, 0.3) is 5.91 Å². The van der Waals surface area contributed by atoms with Gasteiger partial charge in [0.1, 0.15) is 5.75 Å². The Hall–Kier alpha value is -2.25. The number of rotatable bonds is 5. The Bertz CT molecular complexity index is 706. The van der Waals surface area contributed by atoms with E-state index in [0.717, 1.165) is 37.8 Å². The predicted octanol–water partition coefficient (Wildman–Crippen LogP) is 3.79. The lowest BCUT2D eigenvalue weighted by Gasteiger charge is -2.44. The van der Waals surface area contributed by atoms with Crippen molar-refractivity contribution in [2.24, 2.45) is 11.8 Å². The summed E-state index contributed by atoms with van der Waals surface area (Å²) in [6.07, 6.45) is 0.364.